The predicted molar refractivity (Wildman–Crippen MR) is 76.8 cm³/mol. The molecule has 0 amide bonds. The Morgan fingerprint density at radius 3 is 2.75 bits per heavy atom. The molecule has 3 rings (SSSR count). The van der Waals surface area contributed by atoms with E-state index in [1.165, 1.54) is 4.90 Å². The van der Waals surface area contributed by atoms with Crippen LogP contribution in [-0.4, -0.2) is 35.3 Å². The summed E-state index contributed by atoms with van der Waals surface area (Å²) in [5.41, 5.74) is 0.708. The first-order chi connectivity index (χ1) is 9.61. The summed E-state index contributed by atoms with van der Waals surface area (Å²) >= 11 is 0. The van der Waals surface area contributed by atoms with Crippen LogP contribution in [0.15, 0.2) is 29.1 Å². The quantitative estimate of drug-likeness (QED) is 0.817. The molecule has 0 unspecified atom stereocenters. The van der Waals surface area contributed by atoms with Crippen LogP contribution in [0.2, 0.25) is 0 Å². The zero-order valence-electron chi connectivity index (χ0n) is 11.8. The molecule has 1 aliphatic rings. The van der Waals surface area contributed by atoms with E-state index in [0.717, 1.165) is 31.0 Å². The normalized spacial score (nSPS) is 26.8. The van der Waals surface area contributed by atoms with Gasteiger partial charge in [0.05, 0.1) is 10.9 Å². The van der Waals surface area contributed by atoms with Crippen molar-refractivity contribution in [1.82, 2.24) is 9.97 Å². The highest BCUT2D eigenvalue weighted by atomic mass is 16.5. The summed E-state index contributed by atoms with van der Waals surface area (Å²) in [7, 11) is 0. The Balaban J connectivity index is 1.86. The minimum absolute atomic E-state index is 0.0562. The Kier molecular flexibility index (Phi) is 3.54. The van der Waals surface area contributed by atoms with Crippen LogP contribution in [0.3, 0.4) is 0 Å². The van der Waals surface area contributed by atoms with Crippen molar-refractivity contribution in [3.05, 3.63) is 40.4 Å². The van der Waals surface area contributed by atoms with E-state index in [1.54, 1.807) is 6.07 Å². The molecule has 106 valence electrons. The summed E-state index contributed by atoms with van der Waals surface area (Å²) < 4.78 is 5.73. The van der Waals surface area contributed by atoms with Gasteiger partial charge >= 0.3 is 0 Å². The minimum Gasteiger partial charge on any atom is -0.364 e. The van der Waals surface area contributed by atoms with Crippen LogP contribution in [0.4, 0.5) is 0 Å². The summed E-state index contributed by atoms with van der Waals surface area (Å²) in [4.78, 5) is 20.9. The van der Waals surface area contributed by atoms with Gasteiger partial charge in [0.25, 0.3) is 5.56 Å². The number of hydrogen-bond acceptors (Lipinski definition) is 3. The van der Waals surface area contributed by atoms with Crippen molar-refractivity contribution in [2.75, 3.05) is 13.1 Å². The number of aromatic nitrogens is 2. The van der Waals surface area contributed by atoms with E-state index in [9.17, 15) is 4.79 Å². The molecule has 0 saturated carbocycles. The number of H-pyrrole nitrogens is 1. The van der Waals surface area contributed by atoms with Crippen molar-refractivity contribution in [1.29, 1.82) is 0 Å². The maximum atomic E-state index is 12.0. The van der Waals surface area contributed by atoms with Gasteiger partial charge in [-0.15, -0.1) is 0 Å². The maximum absolute atomic E-state index is 12.0. The molecule has 2 atom stereocenters. The summed E-state index contributed by atoms with van der Waals surface area (Å²) in [5.74, 6) is 0.755. The summed E-state index contributed by atoms with van der Waals surface area (Å²) in [6, 6.07) is 7.45. The van der Waals surface area contributed by atoms with Crippen molar-refractivity contribution < 1.29 is 9.64 Å². The third-order valence-electron chi connectivity index (χ3n) is 3.70. The SMILES string of the molecule is C[C@H]1C[NH+](Cc2nc3ccccc3c(=O)[nH]2)C[C@H](C)O1. The van der Waals surface area contributed by atoms with Gasteiger partial charge in [0.1, 0.15) is 31.8 Å². The van der Waals surface area contributed by atoms with E-state index in [0.29, 0.717) is 5.39 Å². The molecule has 0 aliphatic carbocycles. The fraction of sp³-hybridized carbons (Fsp3) is 0.467. The topological polar surface area (TPSA) is 59.4 Å². The first-order valence-electron chi connectivity index (χ1n) is 7.09. The number of fused-ring (bicyclic) bond motifs is 1. The van der Waals surface area contributed by atoms with Crippen molar-refractivity contribution in [2.45, 2.75) is 32.6 Å². The average molecular weight is 274 g/mol. The molecule has 1 saturated heterocycles. The highest BCUT2D eigenvalue weighted by molar-refractivity contribution is 5.77. The van der Waals surface area contributed by atoms with Crippen molar-refractivity contribution in [2.24, 2.45) is 0 Å². The molecule has 1 aromatic heterocycles. The molecule has 20 heavy (non-hydrogen) atoms. The second-order valence-electron chi connectivity index (χ2n) is 5.62. The molecular weight excluding hydrogens is 254 g/mol. The summed E-state index contributed by atoms with van der Waals surface area (Å²) in [6.07, 6.45) is 0.502. The van der Waals surface area contributed by atoms with Gasteiger partial charge in [-0.25, -0.2) is 4.98 Å². The lowest BCUT2D eigenvalue weighted by molar-refractivity contribution is -0.928. The molecule has 1 fully saturated rings. The predicted octanol–water partition coefficient (Wildman–Crippen LogP) is 0.115. The second kappa shape index (κ2) is 5.34. The number of para-hydroxylation sites is 1. The first-order valence-corrected chi connectivity index (χ1v) is 7.09. The minimum atomic E-state index is -0.0562. The van der Waals surface area contributed by atoms with Gasteiger partial charge < -0.3 is 14.6 Å². The average Bonchev–Trinajstić information content (AvgIpc) is 2.37. The third-order valence-corrected chi connectivity index (χ3v) is 3.70. The van der Waals surface area contributed by atoms with Crippen molar-refractivity contribution in [3.8, 4) is 0 Å². The molecule has 5 nitrogen and oxygen atoms in total. The Labute approximate surface area is 117 Å². The highest BCUT2D eigenvalue weighted by Gasteiger charge is 2.26. The molecule has 1 aliphatic heterocycles. The van der Waals surface area contributed by atoms with Crippen LogP contribution >= 0.6 is 0 Å². The summed E-state index contributed by atoms with van der Waals surface area (Å²) in [5, 5.41) is 0.648. The smallest absolute Gasteiger partial charge is 0.258 e. The van der Waals surface area contributed by atoms with Crippen LogP contribution < -0.4 is 10.5 Å². The molecule has 2 N–H and O–H groups in total. The lowest BCUT2D eigenvalue weighted by atomic mass is 10.2. The van der Waals surface area contributed by atoms with E-state index in [1.807, 2.05) is 18.2 Å². The second-order valence-corrected chi connectivity index (χ2v) is 5.62. The van der Waals surface area contributed by atoms with E-state index >= 15 is 0 Å². The lowest BCUT2D eigenvalue weighted by Gasteiger charge is -2.32. The summed E-state index contributed by atoms with van der Waals surface area (Å²) in [6.45, 7) is 6.80. The van der Waals surface area contributed by atoms with E-state index in [4.69, 9.17) is 4.74 Å². The number of morpholine rings is 1. The molecule has 5 heteroatoms. The highest BCUT2D eigenvalue weighted by Crippen LogP contribution is 2.05. The van der Waals surface area contributed by atoms with Crippen LogP contribution in [0, 0.1) is 0 Å². The monoisotopic (exact) mass is 274 g/mol. The van der Waals surface area contributed by atoms with Crippen LogP contribution in [0.25, 0.3) is 10.9 Å². The van der Waals surface area contributed by atoms with Crippen LogP contribution in [0.5, 0.6) is 0 Å². The van der Waals surface area contributed by atoms with Crippen molar-refractivity contribution >= 4 is 10.9 Å². The van der Waals surface area contributed by atoms with Gasteiger partial charge in [0.15, 0.2) is 5.82 Å². The Morgan fingerprint density at radius 1 is 1.30 bits per heavy atom. The Morgan fingerprint density at radius 2 is 2.00 bits per heavy atom. The molecule has 0 radical (unpaired) electrons. The fourth-order valence-electron chi connectivity index (χ4n) is 2.99. The zero-order chi connectivity index (χ0) is 14.1. The van der Waals surface area contributed by atoms with Gasteiger partial charge in [0.2, 0.25) is 0 Å². The number of aromatic amines is 1. The van der Waals surface area contributed by atoms with Gasteiger partial charge in [0, 0.05) is 0 Å². The number of quaternary nitrogens is 1. The molecule has 1 aromatic carbocycles. The van der Waals surface area contributed by atoms with Gasteiger partial charge in [-0.1, -0.05) is 12.1 Å². The number of benzene rings is 1. The number of ether oxygens (including phenoxy) is 1. The van der Waals surface area contributed by atoms with Crippen LogP contribution in [0.1, 0.15) is 19.7 Å². The van der Waals surface area contributed by atoms with E-state index < -0.39 is 0 Å². The van der Waals surface area contributed by atoms with Gasteiger partial charge in [-0.2, -0.15) is 0 Å². The lowest BCUT2D eigenvalue weighted by Crippen LogP contribution is -3.14. The molecule has 2 heterocycles. The standard InChI is InChI=1S/C15H19N3O2/c1-10-7-18(8-11(2)20-10)9-14-16-13-6-4-3-5-12(13)15(19)17-14/h3-6,10-11H,7-9H2,1-2H3,(H,16,17,19)/p+1/t10-,11-/m0/s1. The van der Waals surface area contributed by atoms with E-state index in [2.05, 4.69) is 23.8 Å². The number of nitrogens with zero attached hydrogens (tertiary/aromatic N) is 1. The van der Waals surface area contributed by atoms with Gasteiger partial charge in [-0.05, 0) is 26.0 Å². The van der Waals surface area contributed by atoms with E-state index in [-0.39, 0.29) is 17.8 Å². The number of hydrogen-bond donors (Lipinski definition) is 2. The number of nitrogens with one attached hydrogen (secondary N) is 2. The molecule has 0 spiro atoms. The van der Waals surface area contributed by atoms with Gasteiger partial charge in [-0.3, -0.25) is 4.79 Å². The largest absolute Gasteiger partial charge is 0.364 e. The molecule has 2 aromatic rings. The van der Waals surface area contributed by atoms with Crippen LogP contribution in [-0.2, 0) is 11.3 Å². The zero-order valence-corrected chi connectivity index (χ0v) is 11.8. The fourth-order valence-corrected chi connectivity index (χ4v) is 2.99. The molecular formula is C15H20N3O2+. The maximum Gasteiger partial charge on any atom is 0.258 e. The third kappa shape index (κ3) is 2.73. The Hall–Kier alpha value is -1.72. The number of rotatable bonds is 2. The Bertz CT molecular complexity index is 657. The first kappa shape index (κ1) is 13.3. The molecule has 0 bridgehead atoms. The van der Waals surface area contributed by atoms with Crippen molar-refractivity contribution in [3.63, 3.8) is 0 Å².